The van der Waals surface area contributed by atoms with E-state index in [0.717, 1.165) is 5.75 Å². The average molecular weight is 376 g/mol. The Hall–Kier alpha value is -2.52. The molecule has 0 heterocycles. The zero-order chi connectivity index (χ0) is 19.0. The number of amides is 1. The SMILES string of the molecule is CCC(=O)NCCSC(c1ccccc1)(c1ccccc1)c1ccccc1. The summed E-state index contributed by atoms with van der Waals surface area (Å²) >= 11 is 1.87. The lowest BCUT2D eigenvalue weighted by Crippen LogP contribution is -2.30. The van der Waals surface area contributed by atoms with Gasteiger partial charge in [0.2, 0.25) is 5.91 Å². The van der Waals surface area contributed by atoms with Gasteiger partial charge in [0, 0.05) is 18.7 Å². The standard InChI is InChI=1S/C24H25NOS/c1-2-23(26)25-18-19-27-24(20-12-6-3-7-13-20,21-14-8-4-9-15-21)22-16-10-5-11-17-22/h3-17H,2,18-19H2,1H3,(H,25,26). The van der Waals surface area contributed by atoms with Crippen LogP contribution in [0.2, 0.25) is 0 Å². The van der Waals surface area contributed by atoms with Gasteiger partial charge in [0.15, 0.2) is 0 Å². The van der Waals surface area contributed by atoms with E-state index in [0.29, 0.717) is 13.0 Å². The number of thioether (sulfide) groups is 1. The van der Waals surface area contributed by atoms with Gasteiger partial charge in [-0.1, -0.05) is 97.9 Å². The predicted molar refractivity (Wildman–Crippen MR) is 115 cm³/mol. The number of rotatable bonds is 8. The first-order valence-corrected chi connectivity index (χ1v) is 10.3. The van der Waals surface area contributed by atoms with Crippen molar-refractivity contribution in [2.75, 3.05) is 12.3 Å². The van der Waals surface area contributed by atoms with E-state index in [1.54, 1.807) is 0 Å². The van der Waals surface area contributed by atoms with E-state index < -0.39 is 0 Å². The second kappa shape index (κ2) is 9.43. The second-order valence-electron chi connectivity index (χ2n) is 6.33. The summed E-state index contributed by atoms with van der Waals surface area (Å²) in [5.41, 5.74) is 3.73. The molecule has 0 saturated carbocycles. The van der Waals surface area contributed by atoms with Crippen LogP contribution in [-0.4, -0.2) is 18.2 Å². The molecule has 1 N–H and O–H groups in total. The molecule has 0 aliphatic heterocycles. The molecular formula is C24H25NOS. The van der Waals surface area contributed by atoms with Crippen LogP contribution in [0, 0.1) is 0 Å². The Bertz CT molecular complexity index is 737. The van der Waals surface area contributed by atoms with Crippen molar-refractivity contribution in [1.82, 2.24) is 5.32 Å². The molecule has 0 unspecified atom stereocenters. The van der Waals surface area contributed by atoms with Crippen LogP contribution >= 0.6 is 11.8 Å². The quantitative estimate of drug-likeness (QED) is 0.431. The fourth-order valence-corrected chi connectivity index (χ4v) is 4.71. The van der Waals surface area contributed by atoms with Gasteiger partial charge in [0.05, 0.1) is 4.75 Å². The molecule has 3 aromatic carbocycles. The van der Waals surface area contributed by atoms with Crippen LogP contribution in [0.3, 0.4) is 0 Å². The zero-order valence-corrected chi connectivity index (χ0v) is 16.4. The van der Waals surface area contributed by atoms with Crippen molar-refractivity contribution in [2.24, 2.45) is 0 Å². The average Bonchev–Trinajstić information content (AvgIpc) is 2.75. The predicted octanol–water partition coefficient (Wildman–Crippen LogP) is 5.24. The van der Waals surface area contributed by atoms with E-state index in [4.69, 9.17) is 0 Å². The van der Waals surface area contributed by atoms with Crippen molar-refractivity contribution in [2.45, 2.75) is 18.1 Å². The minimum absolute atomic E-state index is 0.0975. The Labute approximate surface area is 166 Å². The molecule has 0 atom stereocenters. The lowest BCUT2D eigenvalue weighted by atomic mass is 9.84. The summed E-state index contributed by atoms with van der Waals surface area (Å²) in [4.78, 5) is 11.6. The van der Waals surface area contributed by atoms with Crippen molar-refractivity contribution < 1.29 is 4.79 Å². The molecule has 0 aromatic heterocycles. The number of hydrogen-bond acceptors (Lipinski definition) is 2. The highest BCUT2D eigenvalue weighted by Crippen LogP contribution is 2.48. The summed E-state index contributed by atoms with van der Waals surface area (Å²) in [6.45, 7) is 2.54. The number of carbonyl (C=O) groups is 1. The number of carbonyl (C=O) groups excluding carboxylic acids is 1. The van der Waals surface area contributed by atoms with Gasteiger partial charge in [-0.25, -0.2) is 0 Å². The molecule has 27 heavy (non-hydrogen) atoms. The molecular weight excluding hydrogens is 350 g/mol. The van der Waals surface area contributed by atoms with Crippen LogP contribution in [0.5, 0.6) is 0 Å². The first-order chi connectivity index (χ1) is 13.3. The minimum Gasteiger partial charge on any atom is -0.355 e. The molecule has 0 bridgehead atoms. The summed E-state index contributed by atoms with van der Waals surface area (Å²) in [6, 6.07) is 31.9. The Morgan fingerprint density at radius 2 is 1.19 bits per heavy atom. The third kappa shape index (κ3) is 4.42. The van der Waals surface area contributed by atoms with Crippen molar-refractivity contribution >= 4 is 17.7 Å². The molecule has 138 valence electrons. The summed E-state index contributed by atoms with van der Waals surface area (Å²) in [5, 5.41) is 3.00. The Kier molecular flexibility index (Phi) is 6.72. The lowest BCUT2D eigenvalue weighted by molar-refractivity contribution is -0.120. The van der Waals surface area contributed by atoms with Crippen LogP contribution < -0.4 is 5.32 Å². The van der Waals surface area contributed by atoms with Crippen molar-refractivity contribution in [3.05, 3.63) is 108 Å². The van der Waals surface area contributed by atoms with E-state index in [9.17, 15) is 4.79 Å². The molecule has 0 radical (unpaired) electrons. The Morgan fingerprint density at radius 3 is 1.56 bits per heavy atom. The number of nitrogens with one attached hydrogen (secondary N) is 1. The Balaban J connectivity index is 2.04. The normalized spacial score (nSPS) is 11.1. The third-order valence-corrected chi connectivity index (χ3v) is 6.15. The fraction of sp³-hybridized carbons (Fsp3) is 0.208. The van der Waals surface area contributed by atoms with Gasteiger partial charge in [-0.05, 0) is 16.7 Å². The monoisotopic (exact) mass is 375 g/mol. The fourth-order valence-electron chi connectivity index (χ4n) is 3.29. The molecule has 0 saturated heterocycles. The molecule has 0 spiro atoms. The summed E-state index contributed by atoms with van der Waals surface area (Å²) in [5.74, 6) is 0.921. The van der Waals surface area contributed by atoms with Crippen LogP contribution in [0.4, 0.5) is 0 Å². The first kappa shape index (κ1) is 19.2. The van der Waals surface area contributed by atoms with E-state index >= 15 is 0 Å². The highest BCUT2D eigenvalue weighted by Gasteiger charge is 2.36. The zero-order valence-electron chi connectivity index (χ0n) is 15.6. The van der Waals surface area contributed by atoms with E-state index in [2.05, 4.69) is 96.3 Å². The molecule has 0 fully saturated rings. The largest absolute Gasteiger partial charge is 0.355 e. The van der Waals surface area contributed by atoms with Gasteiger partial charge in [0.25, 0.3) is 0 Å². The molecule has 1 amide bonds. The van der Waals surface area contributed by atoms with E-state index in [-0.39, 0.29) is 10.7 Å². The lowest BCUT2D eigenvalue weighted by Gasteiger charge is -2.35. The maximum absolute atomic E-state index is 11.6. The molecule has 3 rings (SSSR count). The van der Waals surface area contributed by atoms with Crippen molar-refractivity contribution in [3.63, 3.8) is 0 Å². The maximum Gasteiger partial charge on any atom is 0.219 e. The van der Waals surface area contributed by atoms with Gasteiger partial charge in [-0.2, -0.15) is 0 Å². The summed E-state index contributed by atoms with van der Waals surface area (Å²) in [7, 11) is 0. The minimum atomic E-state index is -0.319. The van der Waals surface area contributed by atoms with Crippen molar-refractivity contribution in [3.8, 4) is 0 Å². The van der Waals surface area contributed by atoms with E-state index in [1.165, 1.54) is 16.7 Å². The third-order valence-electron chi connectivity index (χ3n) is 4.60. The Morgan fingerprint density at radius 1 is 0.778 bits per heavy atom. The van der Waals surface area contributed by atoms with Gasteiger partial charge in [-0.15, -0.1) is 11.8 Å². The number of benzene rings is 3. The highest BCUT2D eigenvalue weighted by molar-refractivity contribution is 8.00. The van der Waals surface area contributed by atoms with Crippen LogP contribution in [0.15, 0.2) is 91.0 Å². The van der Waals surface area contributed by atoms with Gasteiger partial charge in [0.1, 0.15) is 0 Å². The summed E-state index contributed by atoms with van der Waals surface area (Å²) in [6.07, 6.45) is 0.520. The van der Waals surface area contributed by atoms with E-state index in [1.807, 2.05) is 18.7 Å². The van der Waals surface area contributed by atoms with Gasteiger partial charge >= 0.3 is 0 Å². The van der Waals surface area contributed by atoms with Gasteiger partial charge < -0.3 is 5.32 Å². The molecule has 0 aliphatic rings. The summed E-state index contributed by atoms with van der Waals surface area (Å²) < 4.78 is -0.319. The maximum atomic E-state index is 11.6. The second-order valence-corrected chi connectivity index (χ2v) is 7.64. The molecule has 0 aliphatic carbocycles. The smallest absolute Gasteiger partial charge is 0.219 e. The van der Waals surface area contributed by atoms with Crippen LogP contribution in [0.25, 0.3) is 0 Å². The highest BCUT2D eigenvalue weighted by atomic mass is 32.2. The molecule has 3 aromatic rings. The van der Waals surface area contributed by atoms with Crippen LogP contribution in [0.1, 0.15) is 30.0 Å². The van der Waals surface area contributed by atoms with Gasteiger partial charge in [-0.3, -0.25) is 4.79 Å². The topological polar surface area (TPSA) is 29.1 Å². The molecule has 3 heteroatoms. The number of hydrogen-bond donors (Lipinski definition) is 1. The first-order valence-electron chi connectivity index (χ1n) is 9.34. The van der Waals surface area contributed by atoms with Crippen LogP contribution in [-0.2, 0) is 9.54 Å². The van der Waals surface area contributed by atoms with Crippen molar-refractivity contribution in [1.29, 1.82) is 0 Å². The molecule has 2 nitrogen and oxygen atoms in total.